The molecule has 0 aromatic heterocycles. The lowest BCUT2D eigenvalue weighted by atomic mass is 9.74. The summed E-state index contributed by atoms with van der Waals surface area (Å²) in [6.45, 7) is 8.61. The molecule has 1 aliphatic heterocycles. The van der Waals surface area contributed by atoms with Gasteiger partial charge in [-0.1, -0.05) is 5.57 Å². The highest BCUT2D eigenvalue weighted by molar-refractivity contribution is 5.78. The first-order chi connectivity index (χ1) is 8.41. The molecule has 0 spiro atoms. The van der Waals surface area contributed by atoms with Crippen molar-refractivity contribution in [1.29, 1.82) is 0 Å². The number of esters is 1. The molecule has 0 atom stereocenters. The Morgan fingerprint density at radius 2 is 1.94 bits per heavy atom. The van der Waals surface area contributed by atoms with Crippen LogP contribution in [0.5, 0.6) is 0 Å². The first-order valence-electron chi connectivity index (χ1n) is 6.21. The van der Waals surface area contributed by atoms with Crippen LogP contribution in [-0.2, 0) is 9.53 Å². The van der Waals surface area contributed by atoms with Gasteiger partial charge in [0, 0.05) is 13.1 Å². The lowest BCUT2D eigenvalue weighted by molar-refractivity contribution is -0.158. The molecular formula is C13H21NO4. The van der Waals surface area contributed by atoms with Crippen LogP contribution in [0.25, 0.3) is 0 Å². The number of hydrogen-bond donors (Lipinski definition) is 1. The topological polar surface area (TPSA) is 66.8 Å². The van der Waals surface area contributed by atoms with Crippen molar-refractivity contribution in [2.75, 3.05) is 19.7 Å². The van der Waals surface area contributed by atoms with Crippen LogP contribution in [0.4, 0.5) is 4.79 Å². The van der Waals surface area contributed by atoms with Crippen molar-refractivity contribution in [3.05, 3.63) is 12.2 Å². The summed E-state index contributed by atoms with van der Waals surface area (Å²) in [5.74, 6) is -0.224. The van der Waals surface area contributed by atoms with Crippen LogP contribution in [0.1, 0.15) is 33.1 Å². The molecule has 0 unspecified atom stereocenters. The van der Waals surface area contributed by atoms with Crippen molar-refractivity contribution in [2.45, 2.75) is 33.1 Å². The summed E-state index contributed by atoms with van der Waals surface area (Å²) >= 11 is 0. The SMILES string of the molecule is C=C(C)CC1(C(=O)OCC)CCN(C(=O)O)CC1. The maximum Gasteiger partial charge on any atom is 0.407 e. The fourth-order valence-corrected chi connectivity index (χ4v) is 2.44. The summed E-state index contributed by atoms with van der Waals surface area (Å²) in [7, 11) is 0. The van der Waals surface area contributed by atoms with Crippen molar-refractivity contribution in [2.24, 2.45) is 5.41 Å². The van der Waals surface area contributed by atoms with Gasteiger partial charge in [0.1, 0.15) is 0 Å². The molecule has 0 saturated carbocycles. The number of allylic oxidation sites excluding steroid dienone is 1. The van der Waals surface area contributed by atoms with Crippen molar-refractivity contribution in [1.82, 2.24) is 4.90 Å². The van der Waals surface area contributed by atoms with E-state index in [1.165, 1.54) is 4.90 Å². The van der Waals surface area contributed by atoms with E-state index in [-0.39, 0.29) is 5.97 Å². The lowest BCUT2D eigenvalue weighted by Gasteiger charge is -2.39. The van der Waals surface area contributed by atoms with Crippen molar-refractivity contribution < 1.29 is 19.4 Å². The summed E-state index contributed by atoms with van der Waals surface area (Å²) < 4.78 is 5.14. The van der Waals surface area contributed by atoms with Crippen LogP contribution in [0, 0.1) is 5.41 Å². The molecule has 102 valence electrons. The Balaban J connectivity index is 2.79. The predicted octanol–water partition coefficient (Wildman–Crippen LogP) is 2.28. The minimum Gasteiger partial charge on any atom is -0.466 e. The summed E-state index contributed by atoms with van der Waals surface area (Å²) in [6, 6.07) is 0. The zero-order valence-electron chi connectivity index (χ0n) is 11.1. The minimum atomic E-state index is -0.928. The van der Waals surface area contributed by atoms with Crippen LogP contribution in [0.2, 0.25) is 0 Å². The number of carbonyl (C=O) groups is 2. The van der Waals surface area contributed by atoms with Gasteiger partial charge in [-0.05, 0) is 33.1 Å². The number of carboxylic acid groups (broad SMARTS) is 1. The number of likely N-dealkylation sites (tertiary alicyclic amines) is 1. The molecule has 0 radical (unpaired) electrons. The Morgan fingerprint density at radius 3 is 2.33 bits per heavy atom. The first kappa shape index (κ1) is 14.5. The number of nitrogens with zero attached hydrogens (tertiary/aromatic N) is 1. The molecule has 0 aromatic carbocycles. The van der Waals surface area contributed by atoms with Gasteiger partial charge in [-0.2, -0.15) is 0 Å². The molecule has 1 rings (SSSR count). The van der Waals surface area contributed by atoms with Crippen LogP contribution in [0.3, 0.4) is 0 Å². The van der Waals surface area contributed by atoms with Crippen molar-refractivity contribution >= 4 is 12.1 Å². The third-order valence-electron chi connectivity index (χ3n) is 3.34. The third kappa shape index (κ3) is 3.24. The summed E-state index contributed by atoms with van der Waals surface area (Å²) in [6.07, 6.45) is 0.651. The Kier molecular flexibility index (Phi) is 4.76. The average Bonchev–Trinajstić information content (AvgIpc) is 2.29. The number of hydrogen-bond acceptors (Lipinski definition) is 3. The van der Waals surface area contributed by atoms with Crippen LogP contribution >= 0.6 is 0 Å². The van der Waals surface area contributed by atoms with Gasteiger partial charge in [0.05, 0.1) is 12.0 Å². The lowest BCUT2D eigenvalue weighted by Crippen LogP contribution is -2.46. The Morgan fingerprint density at radius 1 is 1.39 bits per heavy atom. The first-order valence-corrected chi connectivity index (χ1v) is 6.21. The van der Waals surface area contributed by atoms with E-state index in [0.717, 1.165) is 5.57 Å². The Hall–Kier alpha value is -1.52. The van der Waals surface area contributed by atoms with Crippen molar-refractivity contribution in [3.8, 4) is 0 Å². The smallest absolute Gasteiger partial charge is 0.407 e. The zero-order chi connectivity index (χ0) is 13.8. The monoisotopic (exact) mass is 255 g/mol. The molecule has 0 aliphatic carbocycles. The maximum absolute atomic E-state index is 12.1. The zero-order valence-corrected chi connectivity index (χ0v) is 11.1. The van der Waals surface area contributed by atoms with Crippen LogP contribution < -0.4 is 0 Å². The largest absolute Gasteiger partial charge is 0.466 e. The third-order valence-corrected chi connectivity index (χ3v) is 3.34. The average molecular weight is 255 g/mol. The number of ether oxygens (including phenoxy) is 1. The Bertz CT molecular complexity index is 343. The van der Waals surface area contributed by atoms with E-state index in [1.807, 2.05) is 6.92 Å². The van der Waals surface area contributed by atoms with Gasteiger partial charge < -0.3 is 14.7 Å². The van der Waals surface area contributed by atoms with E-state index < -0.39 is 11.5 Å². The van der Waals surface area contributed by atoms with Crippen molar-refractivity contribution in [3.63, 3.8) is 0 Å². The van der Waals surface area contributed by atoms with Gasteiger partial charge in [-0.3, -0.25) is 4.79 Å². The fourth-order valence-electron chi connectivity index (χ4n) is 2.44. The fraction of sp³-hybridized carbons (Fsp3) is 0.692. The maximum atomic E-state index is 12.1. The molecular weight excluding hydrogens is 234 g/mol. The molecule has 1 fully saturated rings. The van der Waals surface area contributed by atoms with E-state index in [2.05, 4.69) is 6.58 Å². The second kappa shape index (κ2) is 5.89. The molecule has 0 bridgehead atoms. The van der Waals surface area contributed by atoms with E-state index in [0.29, 0.717) is 39.0 Å². The molecule has 1 heterocycles. The minimum absolute atomic E-state index is 0.224. The van der Waals surface area contributed by atoms with Gasteiger partial charge in [-0.15, -0.1) is 6.58 Å². The highest BCUT2D eigenvalue weighted by atomic mass is 16.5. The molecule has 5 heteroatoms. The number of rotatable bonds is 4. The predicted molar refractivity (Wildman–Crippen MR) is 67.3 cm³/mol. The van der Waals surface area contributed by atoms with Gasteiger partial charge in [0.2, 0.25) is 0 Å². The normalized spacial score (nSPS) is 18.2. The molecule has 5 nitrogen and oxygen atoms in total. The second-order valence-corrected chi connectivity index (χ2v) is 4.90. The van der Waals surface area contributed by atoms with E-state index >= 15 is 0 Å². The van der Waals surface area contributed by atoms with Gasteiger partial charge in [0.15, 0.2) is 0 Å². The molecule has 1 N–H and O–H groups in total. The van der Waals surface area contributed by atoms with E-state index in [4.69, 9.17) is 9.84 Å². The van der Waals surface area contributed by atoms with E-state index in [9.17, 15) is 9.59 Å². The van der Waals surface area contributed by atoms with Gasteiger partial charge >= 0.3 is 12.1 Å². The molecule has 0 aromatic rings. The highest BCUT2D eigenvalue weighted by Gasteiger charge is 2.43. The Labute approximate surface area is 107 Å². The number of carbonyl (C=O) groups excluding carboxylic acids is 1. The summed E-state index contributed by atoms with van der Waals surface area (Å²) in [5.41, 5.74) is 0.333. The summed E-state index contributed by atoms with van der Waals surface area (Å²) in [5, 5.41) is 8.92. The quantitative estimate of drug-likeness (QED) is 0.618. The highest BCUT2D eigenvalue weighted by Crippen LogP contribution is 2.38. The molecule has 1 aliphatic rings. The second-order valence-electron chi connectivity index (χ2n) is 4.90. The molecule has 1 saturated heterocycles. The van der Waals surface area contributed by atoms with Gasteiger partial charge in [-0.25, -0.2) is 4.79 Å². The van der Waals surface area contributed by atoms with Crippen LogP contribution in [-0.4, -0.2) is 41.8 Å². The molecule has 1 amide bonds. The van der Waals surface area contributed by atoms with E-state index in [1.54, 1.807) is 6.92 Å². The summed E-state index contributed by atoms with van der Waals surface area (Å²) in [4.78, 5) is 24.3. The molecule has 18 heavy (non-hydrogen) atoms. The number of amides is 1. The van der Waals surface area contributed by atoms with Crippen LogP contribution in [0.15, 0.2) is 12.2 Å². The standard InChI is InChI=1S/C13H21NO4/c1-4-18-11(15)13(9-10(2)3)5-7-14(8-6-13)12(16)17/h2,4-9H2,1,3H3,(H,16,17). The number of piperidine rings is 1. The van der Waals surface area contributed by atoms with Gasteiger partial charge in [0.25, 0.3) is 0 Å².